The number of carbonyl (C=O) groups excluding carboxylic acids is 2. The molecule has 0 spiro atoms. The second kappa shape index (κ2) is 4.95. The Hall–Kier alpha value is -1.90. The predicted octanol–water partition coefficient (Wildman–Crippen LogP) is 2.80. The van der Waals surface area contributed by atoms with Crippen molar-refractivity contribution >= 4 is 11.6 Å². The van der Waals surface area contributed by atoms with Crippen LogP contribution in [0.4, 0.5) is 0 Å². The first-order chi connectivity index (χ1) is 8.22. The van der Waals surface area contributed by atoms with E-state index in [1.54, 1.807) is 18.2 Å². The lowest BCUT2D eigenvalue weighted by Crippen LogP contribution is -2.11. The number of unbranched alkanes of at least 4 members (excludes halogenated alkanes) is 1. The van der Waals surface area contributed by atoms with Crippen LogP contribution in [0.1, 0.15) is 40.5 Å². The first-order valence-electron chi connectivity index (χ1n) is 5.76. The van der Waals surface area contributed by atoms with Gasteiger partial charge in [-0.05, 0) is 36.8 Å². The predicted molar refractivity (Wildman–Crippen MR) is 64.6 cm³/mol. The molecule has 2 rings (SSSR count). The molecule has 1 aromatic carbocycles. The molecule has 1 aromatic rings. The summed E-state index contributed by atoms with van der Waals surface area (Å²) in [5.41, 5.74) is 0.895. The van der Waals surface area contributed by atoms with E-state index in [1.807, 2.05) is 0 Å². The van der Waals surface area contributed by atoms with Crippen LogP contribution in [-0.2, 0) is 0 Å². The summed E-state index contributed by atoms with van der Waals surface area (Å²) in [5.74, 6) is 0.383. The summed E-state index contributed by atoms with van der Waals surface area (Å²) in [4.78, 5) is 23.1. The standard InChI is InChI=1S/C14H14O3/c1-2-3-8-17-10-4-5-11-12(9-10)14(16)7-6-13(11)15/h4-7,9H,2-3,8H2,1H3. The van der Waals surface area contributed by atoms with Gasteiger partial charge in [0.2, 0.25) is 0 Å². The third-order valence-electron chi connectivity index (χ3n) is 2.67. The Kier molecular flexibility index (Phi) is 3.38. The van der Waals surface area contributed by atoms with Gasteiger partial charge in [0.05, 0.1) is 6.61 Å². The van der Waals surface area contributed by atoms with Gasteiger partial charge in [-0.15, -0.1) is 0 Å². The molecule has 0 atom stereocenters. The summed E-state index contributed by atoms with van der Waals surface area (Å²) in [7, 11) is 0. The molecule has 0 heterocycles. The zero-order valence-electron chi connectivity index (χ0n) is 9.73. The number of hydrogen-bond donors (Lipinski definition) is 0. The lowest BCUT2D eigenvalue weighted by Gasteiger charge is -2.11. The lowest BCUT2D eigenvalue weighted by molar-refractivity contribution is 0.0993. The first kappa shape index (κ1) is 11.6. The molecule has 0 saturated heterocycles. The molecule has 0 unspecified atom stereocenters. The number of ketones is 2. The van der Waals surface area contributed by atoms with Crippen molar-refractivity contribution in [1.82, 2.24) is 0 Å². The molecule has 1 aliphatic carbocycles. The van der Waals surface area contributed by atoms with Gasteiger partial charge in [-0.2, -0.15) is 0 Å². The maximum absolute atomic E-state index is 11.6. The van der Waals surface area contributed by atoms with E-state index >= 15 is 0 Å². The third kappa shape index (κ3) is 2.44. The van der Waals surface area contributed by atoms with Crippen LogP contribution in [0.15, 0.2) is 30.4 Å². The van der Waals surface area contributed by atoms with Crippen LogP contribution in [0.3, 0.4) is 0 Å². The van der Waals surface area contributed by atoms with Crippen LogP contribution >= 0.6 is 0 Å². The lowest BCUT2D eigenvalue weighted by atomic mass is 9.95. The van der Waals surface area contributed by atoms with Crippen molar-refractivity contribution in [2.24, 2.45) is 0 Å². The quantitative estimate of drug-likeness (QED) is 0.747. The highest BCUT2D eigenvalue weighted by molar-refractivity contribution is 6.22. The second-order valence-electron chi connectivity index (χ2n) is 3.97. The van der Waals surface area contributed by atoms with Gasteiger partial charge in [0.1, 0.15) is 5.75 Å². The van der Waals surface area contributed by atoms with Crippen LogP contribution in [0.25, 0.3) is 0 Å². The molecule has 0 bridgehead atoms. The molecular formula is C14H14O3. The molecule has 88 valence electrons. The van der Waals surface area contributed by atoms with E-state index < -0.39 is 0 Å². The SMILES string of the molecule is CCCCOc1ccc2c(c1)C(=O)C=CC2=O. The Labute approximate surface area is 100 Å². The minimum atomic E-state index is -0.138. The van der Waals surface area contributed by atoms with Gasteiger partial charge >= 0.3 is 0 Å². The Morgan fingerprint density at radius 2 is 1.76 bits per heavy atom. The molecule has 0 saturated carbocycles. The number of rotatable bonds is 4. The summed E-state index contributed by atoms with van der Waals surface area (Å²) in [6.07, 6.45) is 4.65. The Morgan fingerprint density at radius 1 is 1.06 bits per heavy atom. The van der Waals surface area contributed by atoms with E-state index in [-0.39, 0.29) is 11.6 Å². The van der Waals surface area contributed by atoms with Crippen molar-refractivity contribution in [3.05, 3.63) is 41.5 Å². The van der Waals surface area contributed by atoms with Gasteiger partial charge in [-0.3, -0.25) is 9.59 Å². The average molecular weight is 230 g/mol. The topological polar surface area (TPSA) is 43.4 Å². The second-order valence-corrected chi connectivity index (χ2v) is 3.97. The summed E-state index contributed by atoms with van der Waals surface area (Å²) in [5, 5.41) is 0. The van der Waals surface area contributed by atoms with Crippen LogP contribution < -0.4 is 4.74 Å². The molecule has 0 N–H and O–H groups in total. The smallest absolute Gasteiger partial charge is 0.186 e. The zero-order chi connectivity index (χ0) is 12.3. The molecule has 0 aromatic heterocycles. The van der Waals surface area contributed by atoms with Crippen molar-refractivity contribution in [3.8, 4) is 5.75 Å². The van der Waals surface area contributed by atoms with Crippen LogP contribution in [0.5, 0.6) is 5.75 Å². The Bertz CT molecular complexity index is 486. The molecule has 0 amide bonds. The minimum absolute atomic E-state index is 0.125. The van der Waals surface area contributed by atoms with Crippen molar-refractivity contribution in [2.45, 2.75) is 19.8 Å². The van der Waals surface area contributed by atoms with Gasteiger partial charge in [-0.25, -0.2) is 0 Å². The molecule has 0 radical (unpaired) electrons. The highest BCUT2D eigenvalue weighted by Gasteiger charge is 2.19. The van der Waals surface area contributed by atoms with E-state index in [4.69, 9.17) is 4.74 Å². The molecule has 0 aliphatic heterocycles. The third-order valence-corrected chi connectivity index (χ3v) is 2.67. The number of carbonyl (C=O) groups is 2. The van der Waals surface area contributed by atoms with E-state index in [1.165, 1.54) is 12.2 Å². The normalized spacial score (nSPS) is 13.7. The molecule has 1 aliphatic rings. The zero-order valence-corrected chi connectivity index (χ0v) is 9.73. The number of ether oxygens (including phenoxy) is 1. The Balaban J connectivity index is 2.22. The Morgan fingerprint density at radius 3 is 2.47 bits per heavy atom. The fourth-order valence-electron chi connectivity index (χ4n) is 1.70. The highest BCUT2D eigenvalue weighted by Crippen LogP contribution is 2.22. The van der Waals surface area contributed by atoms with Crippen LogP contribution in [-0.4, -0.2) is 18.2 Å². The summed E-state index contributed by atoms with van der Waals surface area (Å²) >= 11 is 0. The van der Waals surface area contributed by atoms with E-state index in [9.17, 15) is 9.59 Å². The summed E-state index contributed by atoms with van der Waals surface area (Å²) in [6, 6.07) is 5.04. The van der Waals surface area contributed by atoms with Gasteiger partial charge in [-0.1, -0.05) is 13.3 Å². The number of allylic oxidation sites excluding steroid dienone is 2. The maximum atomic E-state index is 11.6. The highest BCUT2D eigenvalue weighted by atomic mass is 16.5. The molecule has 0 fully saturated rings. The number of fused-ring (bicyclic) bond motifs is 1. The maximum Gasteiger partial charge on any atom is 0.186 e. The average Bonchev–Trinajstić information content (AvgIpc) is 2.34. The van der Waals surface area contributed by atoms with Gasteiger partial charge in [0.25, 0.3) is 0 Å². The van der Waals surface area contributed by atoms with Gasteiger partial charge in [0.15, 0.2) is 11.6 Å². The summed E-state index contributed by atoms with van der Waals surface area (Å²) in [6.45, 7) is 2.72. The first-order valence-corrected chi connectivity index (χ1v) is 5.76. The fourth-order valence-corrected chi connectivity index (χ4v) is 1.70. The monoisotopic (exact) mass is 230 g/mol. The fraction of sp³-hybridized carbons (Fsp3) is 0.286. The van der Waals surface area contributed by atoms with Crippen molar-refractivity contribution in [3.63, 3.8) is 0 Å². The number of hydrogen-bond acceptors (Lipinski definition) is 3. The van der Waals surface area contributed by atoms with Crippen molar-refractivity contribution in [2.75, 3.05) is 6.61 Å². The van der Waals surface area contributed by atoms with Crippen molar-refractivity contribution < 1.29 is 14.3 Å². The van der Waals surface area contributed by atoms with E-state index in [2.05, 4.69) is 6.92 Å². The van der Waals surface area contributed by atoms with Gasteiger partial charge in [0, 0.05) is 11.1 Å². The van der Waals surface area contributed by atoms with Crippen molar-refractivity contribution in [1.29, 1.82) is 0 Å². The number of benzene rings is 1. The van der Waals surface area contributed by atoms with Gasteiger partial charge < -0.3 is 4.74 Å². The molecule has 3 heteroatoms. The molecule has 3 nitrogen and oxygen atoms in total. The molecule has 17 heavy (non-hydrogen) atoms. The summed E-state index contributed by atoms with van der Waals surface area (Å²) < 4.78 is 5.51. The largest absolute Gasteiger partial charge is 0.494 e. The van der Waals surface area contributed by atoms with E-state index in [0.29, 0.717) is 23.5 Å². The molecular weight excluding hydrogens is 216 g/mol. The minimum Gasteiger partial charge on any atom is -0.494 e. The van der Waals surface area contributed by atoms with Crippen LogP contribution in [0, 0.1) is 0 Å². The van der Waals surface area contributed by atoms with E-state index in [0.717, 1.165) is 12.8 Å². The van der Waals surface area contributed by atoms with Crippen LogP contribution in [0.2, 0.25) is 0 Å².